The average Bonchev–Trinajstić information content (AvgIpc) is 2.64. The molecule has 0 aliphatic rings. The van der Waals surface area contributed by atoms with Gasteiger partial charge in [0.2, 0.25) is 5.91 Å². The summed E-state index contributed by atoms with van der Waals surface area (Å²) < 4.78 is 0. The Balaban J connectivity index is 0.00000338. The summed E-state index contributed by atoms with van der Waals surface area (Å²) in [4.78, 5) is 24.4. The topological polar surface area (TPSA) is 84.2 Å². The van der Waals surface area contributed by atoms with Crippen LogP contribution in [0.2, 0.25) is 0 Å². The van der Waals surface area contributed by atoms with Crippen LogP contribution < -0.4 is 16.4 Å². The van der Waals surface area contributed by atoms with Crippen LogP contribution in [0.25, 0.3) is 0 Å². The van der Waals surface area contributed by atoms with Crippen LogP contribution in [0.3, 0.4) is 0 Å². The number of hydrogen-bond donors (Lipinski definition) is 3. The maximum atomic E-state index is 12.3. The summed E-state index contributed by atoms with van der Waals surface area (Å²) >= 11 is 0. The third-order valence-corrected chi connectivity index (χ3v) is 3.84. The summed E-state index contributed by atoms with van der Waals surface area (Å²) in [6, 6.07) is 16.2. The van der Waals surface area contributed by atoms with Crippen molar-refractivity contribution in [3.63, 3.8) is 0 Å². The first-order valence-corrected chi connectivity index (χ1v) is 8.66. The van der Waals surface area contributed by atoms with Crippen molar-refractivity contribution in [3.8, 4) is 0 Å². The number of anilines is 2. The molecule has 2 rings (SSSR count). The SMILES string of the molecule is Cl.NCCCCCCC(=O)Nc1ccccc1NC(=O)c1ccccc1. The first-order chi connectivity index (χ1) is 12.2. The smallest absolute Gasteiger partial charge is 0.255 e. The molecule has 0 unspecified atom stereocenters. The number of halogens is 1. The molecule has 5 nitrogen and oxygen atoms in total. The van der Waals surface area contributed by atoms with Crippen molar-refractivity contribution in [3.05, 3.63) is 60.2 Å². The minimum absolute atomic E-state index is 0. The average molecular weight is 376 g/mol. The van der Waals surface area contributed by atoms with Gasteiger partial charge in [-0.25, -0.2) is 0 Å². The maximum Gasteiger partial charge on any atom is 0.255 e. The predicted molar refractivity (Wildman–Crippen MR) is 109 cm³/mol. The number of hydrogen-bond acceptors (Lipinski definition) is 3. The molecule has 2 aromatic rings. The molecule has 26 heavy (non-hydrogen) atoms. The summed E-state index contributed by atoms with van der Waals surface area (Å²) in [5.41, 5.74) is 7.23. The van der Waals surface area contributed by atoms with Gasteiger partial charge in [-0.15, -0.1) is 12.4 Å². The Morgan fingerprint density at radius 2 is 1.35 bits per heavy atom. The zero-order valence-corrected chi connectivity index (χ0v) is 15.6. The fourth-order valence-electron chi connectivity index (χ4n) is 2.48. The standard InChI is InChI=1S/C20H25N3O2.ClH/c21-15-9-2-1-6-14-19(24)22-17-12-7-8-13-18(17)23-20(25)16-10-4-3-5-11-16;/h3-5,7-8,10-13H,1-2,6,9,14-15,21H2,(H,22,24)(H,23,25);1H. The second kappa shape index (κ2) is 12.1. The Bertz CT molecular complexity index is 692. The molecule has 0 fully saturated rings. The molecule has 0 radical (unpaired) electrons. The van der Waals surface area contributed by atoms with E-state index < -0.39 is 0 Å². The van der Waals surface area contributed by atoms with Crippen molar-refractivity contribution >= 4 is 35.6 Å². The lowest BCUT2D eigenvalue weighted by Crippen LogP contribution is -2.16. The van der Waals surface area contributed by atoms with E-state index in [1.807, 2.05) is 30.3 Å². The Morgan fingerprint density at radius 1 is 0.769 bits per heavy atom. The lowest BCUT2D eigenvalue weighted by atomic mass is 10.1. The quantitative estimate of drug-likeness (QED) is 0.574. The third kappa shape index (κ3) is 7.25. The number of nitrogens with two attached hydrogens (primary N) is 1. The molecule has 2 amide bonds. The molecule has 2 aromatic carbocycles. The van der Waals surface area contributed by atoms with Crippen molar-refractivity contribution in [2.45, 2.75) is 32.1 Å². The van der Waals surface area contributed by atoms with Gasteiger partial charge in [-0.2, -0.15) is 0 Å². The first kappa shape index (κ1) is 21.7. The molecule has 0 heterocycles. The molecular formula is C20H26ClN3O2. The molecule has 0 saturated heterocycles. The van der Waals surface area contributed by atoms with Crippen molar-refractivity contribution in [2.24, 2.45) is 5.73 Å². The van der Waals surface area contributed by atoms with Crippen LogP contribution in [-0.4, -0.2) is 18.4 Å². The van der Waals surface area contributed by atoms with E-state index >= 15 is 0 Å². The molecule has 0 atom stereocenters. The number of carbonyl (C=O) groups is 2. The second-order valence-electron chi connectivity index (χ2n) is 5.87. The van der Waals surface area contributed by atoms with Gasteiger partial charge in [0.05, 0.1) is 11.4 Å². The zero-order chi connectivity index (χ0) is 17.9. The van der Waals surface area contributed by atoms with Crippen LogP contribution in [0.4, 0.5) is 11.4 Å². The van der Waals surface area contributed by atoms with Gasteiger partial charge in [-0.05, 0) is 43.7 Å². The summed E-state index contributed by atoms with van der Waals surface area (Å²) in [6.07, 6.45) is 4.34. The Hall–Kier alpha value is -2.37. The molecule has 140 valence electrons. The monoisotopic (exact) mass is 375 g/mol. The van der Waals surface area contributed by atoms with E-state index in [1.54, 1.807) is 24.3 Å². The van der Waals surface area contributed by atoms with Crippen LogP contribution in [0.1, 0.15) is 42.5 Å². The van der Waals surface area contributed by atoms with Crippen molar-refractivity contribution in [1.29, 1.82) is 0 Å². The van der Waals surface area contributed by atoms with Gasteiger partial charge >= 0.3 is 0 Å². The number of amides is 2. The number of benzene rings is 2. The molecule has 0 aliphatic heterocycles. The number of carbonyl (C=O) groups excluding carboxylic acids is 2. The first-order valence-electron chi connectivity index (χ1n) is 8.66. The largest absolute Gasteiger partial charge is 0.330 e. The van der Waals surface area contributed by atoms with Crippen LogP contribution in [0.15, 0.2) is 54.6 Å². The van der Waals surface area contributed by atoms with Crippen LogP contribution in [0, 0.1) is 0 Å². The van der Waals surface area contributed by atoms with E-state index in [0.29, 0.717) is 29.9 Å². The summed E-state index contributed by atoms with van der Waals surface area (Å²) in [5, 5.41) is 5.73. The third-order valence-electron chi connectivity index (χ3n) is 3.84. The Labute approximate surface area is 160 Å². The van der Waals surface area contributed by atoms with Gasteiger partial charge in [0, 0.05) is 12.0 Å². The number of nitrogens with one attached hydrogen (secondary N) is 2. The number of rotatable bonds is 9. The van der Waals surface area contributed by atoms with E-state index in [4.69, 9.17) is 5.73 Å². The maximum absolute atomic E-state index is 12.3. The normalized spacial score (nSPS) is 9.88. The minimum Gasteiger partial charge on any atom is -0.330 e. The summed E-state index contributed by atoms with van der Waals surface area (Å²) in [5.74, 6) is -0.252. The molecule has 0 spiro atoms. The highest BCUT2D eigenvalue weighted by atomic mass is 35.5. The fourth-order valence-corrected chi connectivity index (χ4v) is 2.48. The van der Waals surface area contributed by atoms with E-state index in [0.717, 1.165) is 25.7 Å². The van der Waals surface area contributed by atoms with Gasteiger partial charge in [0.15, 0.2) is 0 Å². The number of unbranched alkanes of at least 4 members (excludes halogenated alkanes) is 3. The lowest BCUT2D eigenvalue weighted by Gasteiger charge is -2.12. The van der Waals surface area contributed by atoms with Crippen LogP contribution in [0.5, 0.6) is 0 Å². The van der Waals surface area contributed by atoms with Crippen LogP contribution in [-0.2, 0) is 4.79 Å². The van der Waals surface area contributed by atoms with Gasteiger partial charge in [0.25, 0.3) is 5.91 Å². The van der Waals surface area contributed by atoms with E-state index in [1.165, 1.54) is 0 Å². The Morgan fingerprint density at radius 3 is 2.00 bits per heavy atom. The zero-order valence-electron chi connectivity index (χ0n) is 14.7. The van der Waals surface area contributed by atoms with Gasteiger partial charge in [0.1, 0.15) is 0 Å². The van der Waals surface area contributed by atoms with E-state index in [2.05, 4.69) is 10.6 Å². The minimum atomic E-state index is -0.205. The van der Waals surface area contributed by atoms with Crippen molar-refractivity contribution < 1.29 is 9.59 Å². The summed E-state index contributed by atoms with van der Waals surface area (Å²) in [7, 11) is 0. The Kier molecular flexibility index (Phi) is 10.1. The molecular weight excluding hydrogens is 350 g/mol. The van der Waals surface area contributed by atoms with E-state index in [9.17, 15) is 9.59 Å². The van der Waals surface area contributed by atoms with Crippen molar-refractivity contribution in [2.75, 3.05) is 17.2 Å². The van der Waals surface area contributed by atoms with Gasteiger partial charge < -0.3 is 16.4 Å². The van der Waals surface area contributed by atoms with E-state index in [-0.39, 0.29) is 24.2 Å². The summed E-state index contributed by atoms with van der Waals surface area (Å²) in [6.45, 7) is 0.695. The second-order valence-corrected chi connectivity index (χ2v) is 5.87. The highest BCUT2D eigenvalue weighted by Crippen LogP contribution is 2.22. The molecule has 0 saturated carbocycles. The van der Waals surface area contributed by atoms with Crippen molar-refractivity contribution in [1.82, 2.24) is 0 Å². The van der Waals surface area contributed by atoms with Gasteiger partial charge in [-0.3, -0.25) is 9.59 Å². The molecule has 6 heteroatoms. The van der Waals surface area contributed by atoms with Crippen LogP contribution >= 0.6 is 12.4 Å². The highest BCUT2D eigenvalue weighted by Gasteiger charge is 2.10. The predicted octanol–water partition coefficient (Wildman–Crippen LogP) is 4.21. The highest BCUT2D eigenvalue weighted by molar-refractivity contribution is 6.07. The lowest BCUT2D eigenvalue weighted by molar-refractivity contribution is -0.116. The molecule has 4 N–H and O–H groups in total. The molecule has 0 aromatic heterocycles. The molecule has 0 aliphatic carbocycles. The number of para-hydroxylation sites is 2. The fraction of sp³-hybridized carbons (Fsp3) is 0.300. The van der Waals surface area contributed by atoms with Gasteiger partial charge in [-0.1, -0.05) is 43.2 Å². The molecule has 0 bridgehead atoms.